The summed E-state index contributed by atoms with van der Waals surface area (Å²) in [7, 11) is 1.56. The number of rotatable bonds is 10. The van der Waals surface area contributed by atoms with Gasteiger partial charge in [0.05, 0.1) is 13.7 Å². The van der Waals surface area contributed by atoms with Crippen molar-refractivity contribution in [2.75, 3.05) is 25.6 Å². The Hall–Kier alpha value is -3.22. The zero-order valence-corrected chi connectivity index (χ0v) is 16.3. The summed E-state index contributed by atoms with van der Waals surface area (Å²) in [4.78, 5) is 24.2. The summed E-state index contributed by atoms with van der Waals surface area (Å²) in [6.45, 7) is 3.72. The first-order valence-corrected chi connectivity index (χ1v) is 9.02. The fourth-order valence-corrected chi connectivity index (χ4v) is 2.24. The van der Waals surface area contributed by atoms with Crippen LogP contribution in [0.15, 0.2) is 48.5 Å². The molecule has 7 heteroatoms. The summed E-state index contributed by atoms with van der Waals surface area (Å²) in [5.74, 6) is 0.594. The molecular formula is C21H25NO6. The Morgan fingerprint density at radius 3 is 2.25 bits per heavy atom. The maximum atomic E-state index is 12.2. The zero-order valence-electron chi connectivity index (χ0n) is 16.3. The SMILES string of the molecule is CCCOc1ccccc1OCC(=O)O[C@@H](C)C(=O)Nc1ccc(OC)cc1. The fourth-order valence-electron chi connectivity index (χ4n) is 2.24. The molecule has 0 bridgehead atoms. The maximum absolute atomic E-state index is 12.2. The number of nitrogens with one attached hydrogen (secondary N) is 1. The fraction of sp³-hybridized carbons (Fsp3) is 0.333. The minimum atomic E-state index is -0.968. The number of carbonyl (C=O) groups excluding carboxylic acids is 2. The molecule has 1 N–H and O–H groups in total. The molecule has 0 aliphatic heterocycles. The standard InChI is InChI=1S/C21H25NO6/c1-4-13-26-18-7-5-6-8-19(18)27-14-20(23)28-15(2)21(24)22-16-9-11-17(25-3)12-10-16/h5-12,15H,4,13-14H2,1-3H3,(H,22,24)/t15-/m0/s1. The van der Waals surface area contributed by atoms with Gasteiger partial charge in [-0.3, -0.25) is 4.79 Å². The van der Waals surface area contributed by atoms with Crippen molar-refractivity contribution >= 4 is 17.6 Å². The third kappa shape index (κ3) is 6.50. The van der Waals surface area contributed by atoms with Gasteiger partial charge in [0, 0.05) is 5.69 Å². The molecule has 0 saturated heterocycles. The van der Waals surface area contributed by atoms with Gasteiger partial charge in [-0.15, -0.1) is 0 Å². The molecule has 28 heavy (non-hydrogen) atoms. The highest BCUT2D eigenvalue weighted by Crippen LogP contribution is 2.26. The molecule has 0 heterocycles. The molecule has 1 amide bonds. The number of anilines is 1. The van der Waals surface area contributed by atoms with Crippen molar-refractivity contribution < 1.29 is 28.5 Å². The van der Waals surface area contributed by atoms with E-state index in [-0.39, 0.29) is 6.61 Å². The minimum absolute atomic E-state index is 0.327. The first kappa shape index (κ1) is 21.1. The van der Waals surface area contributed by atoms with Crippen molar-refractivity contribution in [1.29, 1.82) is 0 Å². The molecule has 0 spiro atoms. The van der Waals surface area contributed by atoms with Gasteiger partial charge in [0.1, 0.15) is 5.75 Å². The van der Waals surface area contributed by atoms with Gasteiger partial charge >= 0.3 is 5.97 Å². The van der Waals surface area contributed by atoms with Gasteiger partial charge in [0.25, 0.3) is 5.91 Å². The number of amides is 1. The van der Waals surface area contributed by atoms with Crippen LogP contribution in [0.5, 0.6) is 17.2 Å². The monoisotopic (exact) mass is 387 g/mol. The van der Waals surface area contributed by atoms with Crippen molar-refractivity contribution in [2.45, 2.75) is 26.4 Å². The van der Waals surface area contributed by atoms with E-state index in [0.29, 0.717) is 29.5 Å². The second kappa shape index (κ2) is 10.8. The lowest BCUT2D eigenvalue weighted by Gasteiger charge is -2.15. The molecule has 0 saturated carbocycles. The summed E-state index contributed by atoms with van der Waals surface area (Å²) in [6, 6.07) is 13.9. The van der Waals surface area contributed by atoms with E-state index in [1.54, 1.807) is 49.6 Å². The van der Waals surface area contributed by atoms with Crippen LogP contribution in [-0.2, 0) is 14.3 Å². The number of benzene rings is 2. The predicted octanol–water partition coefficient (Wildman–Crippen LogP) is 3.43. The van der Waals surface area contributed by atoms with Gasteiger partial charge in [-0.1, -0.05) is 19.1 Å². The molecule has 7 nitrogen and oxygen atoms in total. The third-order valence-electron chi connectivity index (χ3n) is 3.69. The van der Waals surface area contributed by atoms with Crippen LogP contribution < -0.4 is 19.5 Å². The van der Waals surface area contributed by atoms with Gasteiger partial charge < -0.3 is 24.3 Å². The molecule has 0 aliphatic carbocycles. The highest BCUT2D eigenvalue weighted by Gasteiger charge is 2.19. The normalized spacial score (nSPS) is 11.2. The van der Waals surface area contributed by atoms with Crippen molar-refractivity contribution in [3.8, 4) is 17.2 Å². The Morgan fingerprint density at radius 1 is 1.00 bits per heavy atom. The topological polar surface area (TPSA) is 83.1 Å². The van der Waals surface area contributed by atoms with Crippen LogP contribution >= 0.6 is 0 Å². The highest BCUT2D eigenvalue weighted by molar-refractivity contribution is 5.95. The Kier molecular flexibility index (Phi) is 8.14. The summed E-state index contributed by atoms with van der Waals surface area (Å²) in [5.41, 5.74) is 0.576. The summed E-state index contributed by atoms with van der Waals surface area (Å²) in [6.07, 6.45) is -0.109. The quantitative estimate of drug-likeness (QED) is 0.629. The number of esters is 1. The summed E-state index contributed by atoms with van der Waals surface area (Å²) >= 11 is 0. The van der Waals surface area contributed by atoms with E-state index in [4.69, 9.17) is 18.9 Å². The molecule has 0 radical (unpaired) electrons. The van der Waals surface area contributed by atoms with Crippen LogP contribution in [-0.4, -0.2) is 38.3 Å². The van der Waals surface area contributed by atoms with Crippen LogP contribution in [0.1, 0.15) is 20.3 Å². The predicted molar refractivity (Wildman–Crippen MR) is 105 cm³/mol. The van der Waals surface area contributed by atoms with Gasteiger partial charge in [0.2, 0.25) is 0 Å². The molecular weight excluding hydrogens is 362 g/mol. The van der Waals surface area contributed by atoms with Crippen molar-refractivity contribution in [3.05, 3.63) is 48.5 Å². The smallest absolute Gasteiger partial charge is 0.344 e. The van der Waals surface area contributed by atoms with E-state index < -0.39 is 18.0 Å². The van der Waals surface area contributed by atoms with E-state index in [1.807, 2.05) is 13.0 Å². The van der Waals surface area contributed by atoms with Crippen molar-refractivity contribution in [2.24, 2.45) is 0 Å². The molecule has 1 atom stereocenters. The first-order valence-electron chi connectivity index (χ1n) is 9.02. The lowest BCUT2D eigenvalue weighted by molar-refractivity contribution is -0.155. The average molecular weight is 387 g/mol. The Morgan fingerprint density at radius 2 is 1.64 bits per heavy atom. The number of carbonyl (C=O) groups is 2. The van der Waals surface area contributed by atoms with E-state index in [1.165, 1.54) is 6.92 Å². The lowest BCUT2D eigenvalue weighted by atomic mass is 10.3. The largest absolute Gasteiger partial charge is 0.497 e. The van der Waals surface area contributed by atoms with Gasteiger partial charge in [-0.05, 0) is 49.7 Å². The molecule has 0 unspecified atom stereocenters. The molecule has 0 aliphatic rings. The van der Waals surface area contributed by atoms with Gasteiger partial charge in [0.15, 0.2) is 24.2 Å². The molecule has 2 rings (SSSR count). The third-order valence-corrected chi connectivity index (χ3v) is 3.69. The first-order chi connectivity index (χ1) is 13.5. The minimum Gasteiger partial charge on any atom is -0.497 e. The van der Waals surface area contributed by atoms with Crippen LogP contribution in [0.3, 0.4) is 0 Å². The Balaban J connectivity index is 1.82. The molecule has 150 valence electrons. The Bertz CT molecular complexity index is 775. The van der Waals surface area contributed by atoms with Gasteiger partial charge in [-0.25, -0.2) is 4.79 Å². The van der Waals surface area contributed by atoms with Crippen molar-refractivity contribution in [1.82, 2.24) is 0 Å². The van der Waals surface area contributed by atoms with E-state index in [9.17, 15) is 9.59 Å². The zero-order chi connectivity index (χ0) is 20.4. The van der Waals surface area contributed by atoms with E-state index >= 15 is 0 Å². The number of hydrogen-bond donors (Lipinski definition) is 1. The molecule has 2 aromatic carbocycles. The average Bonchev–Trinajstić information content (AvgIpc) is 2.71. The second-order valence-electron chi connectivity index (χ2n) is 5.93. The molecule has 2 aromatic rings. The van der Waals surface area contributed by atoms with E-state index in [2.05, 4.69) is 5.32 Å². The highest BCUT2D eigenvalue weighted by atomic mass is 16.6. The second-order valence-corrected chi connectivity index (χ2v) is 5.93. The van der Waals surface area contributed by atoms with Crippen LogP contribution in [0, 0.1) is 0 Å². The lowest BCUT2D eigenvalue weighted by Crippen LogP contribution is -2.31. The van der Waals surface area contributed by atoms with Crippen molar-refractivity contribution in [3.63, 3.8) is 0 Å². The van der Waals surface area contributed by atoms with E-state index in [0.717, 1.165) is 6.42 Å². The van der Waals surface area contributed by atoms with Gasteiger partial charge in [-0.2, -0.15) is 0 Å². The van der Waals surface area contributed by atoms with Crippen LogP contribution in [0.2, 0.25) is 0 Å². The summed E-state index contributed by atoms with van der Waals surface area (Å²) in [5, 5.41) is 2.67. The summed E-state index contributed by atoms with van der Waals surface area (Å²) < 4.78 is 21.2. The Labute approximate surface area is 164 Å². The molecule has 0 fully saturated rings. The van der Waals surface area contributed by atoms with Crippen LogP contribution in [0.25, 0.3) is 0 Å². The molecule has 0 aromatic heterocycles. The number of methoxy groups -OCH3 is 1. The number of para-hydroxylation sites is 2. The van der Waals surface area contributed by atoms with Crippen LogP contribution in [0.4, 0.5) is 5.69 Å². The number of hydrogen-bond acceptors (Lipinski definition) is 6. The maximum Gasteiger partial charge on any atom is 0.344 e. The number of ether oxygens (including phenoxy) is 4.